The maximum absolute atomic E-state index is 5.83. The molecule has 2 aromatic carbocycles. The number of aromatic nitrogens is 1. The zero-order valence-electron chi connectivity index (χ0n) is 11.6. The molecular formula is C17H13N3OS. The monoisotopic (exact) mass is 307 g/mol. The molecule has 4 nitrogen and oxygen atoms in total. The van der Waals surface area contributed by atoms with E-state index in [1.807, 2.05) is 66.0 Å². The Balaban J connectivity index is 1.53. The SMILES string of the molecule is c1ccc(NNc2nc(-c3cc4ccccc4o3)cs2)cc1. The van der Waals surface area contributed by atoms with Gasteiger partial charge in [-0.1, -0.05) is 36.4 Å². The fourth-order valence-electron chi connectivity index (χ4n) is 2.20. The summed E-state index contributed by atoms with van der Waals surface area (Å²) in [4.78, 5) is 4.54. The largest absolute Gasteiger partial charge is 0.454 e. The van der Waals surface area contributed by atoms with Gasteiger partial charge in [0.15, 0.2) is 5.76 Å². The highest BCUT2D eigenvalue weighted by atomic mass is 32.1. The number of nitrogens with zero attached hydrogens (tertiary/aromatic N) is 1. The van der Waals surface area contributed by atoms with E-state index >= 15 is 0 Å². The third-order valence-corrected chi connectivity index (χ3v) is 4.03. The van der Waals surface area contributed by atoms with Crippen molar-refractivity contribution in [2.75, 3.05) is 10.9 Å². The Labute approximate surface area is 131 Å². The van der Waals surface area contributed by atoms with Gasteiger partial charge in [0.2, 0.25) is 5.13 Å². The minimum atomic E-state index is 0.783. The molecule has 2 heterocycles. The van der Waals surface area contributed by atoms with E-state index in [2.05, 4.69) is 15.8 Å². The van der Waals surface area contributed by atoms with Crippen molar-refractivity contribution >= 4 is 33.1 Å². The summed E-state index contributed by atoms with van der Waals surface area (Å²) in [6.07, 6.45) is 0. The maximum Gasteiger partial charge on any atom is 0.202 e. The van der Waals surface area contributed by atoms with Gasteiger partial charge in [-0.3, -0.25) is 10.9 Å². The first-order chi connectivity index (χ1) is 10.9. The normalized spacial score (nSPS) is 10.7. The number of hydrogen-bond donors (Lipinski definition) is 2. The molecule has 108 valence electrons. The summed E-state index contributed by atoms with van der Waals surface area (Å²) in [6, 6.07) is 19.9. The van der Waals surface area contributed by atoms with Crippen LogP contribution < -0.4 is 10.9 Å². The van der Waals surface area contributed by atoms with Gasteiger partial charge < -0.3 is 4.42 Å². The van der Waals surface area contributed by atoms with Gasteiger partial charge in [0.25, 0.3) is 0 Å². The van der Waals surface area contributed by atoms with Crippen LogP contribution in [0.25, 0.3) is 22.4 Å². The number of anilines is 2. The van der Waals surface area contributed by atoms with E-state index in [1.54, 1.807) is 0 Å². The Morgan fingerprint density at radius 2 is 1.73 bits per heavy atom. The van der Waals surface area contributed by atoms with Crippen LogP contribution in [0.5, 0.6) is 0 Å². The molecule has 0 radical (unpaired) electrons. The van der Waals surface area contributed by atoms with Gasteiger partial charge in [-0.15, -0.1) is 11.3 Å². The second-order valence-corrected chi connectivity index (χ2v) is 5.66. The van der Waals surface area contributed by atoms with Gasteiger partial charge in [-0.2, -0.15) is 0 Å². The molecule has 0 atom stereocenters. The number of furan rings is 1. The number of nitrogens with one attached hydrogen (secondary N) is 2. The van der Waals surface area contributed by atoms with E-state index in [1.165, 1.54) is 11.3 Å². The van der Waals surface area contributed by atoms with Crippen molar-refractivity contribution in [3.05, 3.63) is 66.0 Å². The van der Waals surface area contributed by atoms with Crippen LogP contribution in [0, 0.1) is 0 Å². The van der Waals surface area contributed by atoms with Crippen molar-refractivity contribution in [1.29, 1.82) is 0 Å². The number of benzene rings is 2. The van der Waals surface area contributed by atoms with Gasteiger partial charge in [0, 0.05) is 10.8 Å². The van der Waals surface area contributed by atoms with Crippen molar-refractivity contribution in [3.63, 3.8) is 0 Å². The highest BCUT2D eigenvalue weighted by Crippen LogP contribution is 2.30. The Morgan fingerprint density at radius 3 is 2.59 bits per heavy atom. The number of hydrogen-bond acceptors (Lipinski definition) is 5. The van der Waals surface area contributed by atoms with Gasteiger partial charge in [0.1, 0.15) is 11.3 Å². The van der Waals surface area contributed by atoms with E-state index in [0.717, 1.165) is 33.2 Å². The van der Waals surface area contributed by atoms with Crippen LogP contribution in [-0.4, -0.2) is 4.98 Å². The first kappa shape index (κ1) is 12.9. The zero-order chi connectivity index (χ0) is 14.8. The summed E-state index contributed by atoms with van der Waals surface area (Å²) in [5, 5.41) is 3.86. The highest BCUT2D eigenvalue weighted by molar-refractivity contribution is 7.14. The summed E-state index contributed by atoms with van der Waals surface area (Å²) in [5.74, 6) is 0.783. The van der Waals surface area contributed by atoms with Crippen LogP contribution in [0.4, 0.5) is 10.8 Å². The Morgan fingerprint density at radius 1 is 0.909 bits per heavy atom. The highest BCUT2D eigenvalue weighted by Gasteiger charge is 2.09. The average molecular weight is 307 g/mol. The standard InChI is InChI=1S/C17H13N3OS/c1-2-7-13(8-3-1)19-20-17-18-14(11-22-17)16-10-12-6-4-5-9-15(12)21-16/h1-11,19H,(H,18,20). The molecule has 0 spiro atoms. The van der Waals surface area contributed by atoms with Gasteiger partial charge in [0.05, 0.1) is 5.69 Å². The van der Waals surface area contributed by atoms with Crippen molar-refractivity contribution in [2.24, 2.45) is 0 Å². The molecule has 5 heteroatoms. The lowest BCUT2D eigenvalue weighted by Gasteiger charge is -2.05. The molecule has 0 saturated carbocycles. The molecule has 0 aliphatic rings. The van der Waals surface area contributed by atoms with Gasteiger partial charge >= 0.3 is 0 Å². The van der Waals surface area contributed by atoms with Crippen molar-refractivity contribution < 1.29 is 4.42 Å². The second-order valence-electron chi connectivity index (χ2n) is 4.80. The third kappa shape index (κ3) is 2.54. The van der Waals surface area contributed by atoms with E-state index < -0.39 is 0 Å². The topological polar surface area (TPSA) is 50.1 Å². The van der Waals surface area contributed by atoms with E-state index in [4.69, 9.17) is 4.42 Å². The second kappa shape index (κ2) is 5.54. The number of para-hydroxylation sites is 2. The van der Waals surface area contributed by atoms with Crippen LogP contribution in [0.2, 0.25) is 0 Å². The Bertz CT molecular complexity index is 865. The molecule has 2 N–H and O–H groups in total. The predicted molar refractivity (Wildman–Crippen MR) is 91.0 cm³/mol. The summed E-state index contributed by atoms with van der Waals surface area (Å²) >= 11 is 1.53. The van der Waals surface area contributed by atoms with E-state index in [9.17, 15) is 0 Å². The lowest BCUT2D eigenvalue weighted by molar-refractivity contribution is 0.629. The molecule has 0 amide bonds. The smallest absolute Gasteiger partial charge is 0.202 e. The molecule has 2 aromatic heterocycles. The zero-order valence-corrected chi connectivity index (χ0v) is 12.4. The third-order valence-electron chi connectivity index (χ3n) is 3.27. The fourth-order valence-corrected chi connectivity index (χ4v) is 2.85. The van der Waals surface area contributed by atoms with Gasteiger partial charge in [-0.05, 0) is 24.3 Å². The maximum atomic E-state index is 5.83. The van der Waals surface area contributed by atoms with Crippen LogP contribution in [-0.2, 0) is 0 Å². The summed E-state index contributed by atoms with van der Waals surface area (Å²) in [5.41, 5.74) is 8.92. The minimum Gasteiger partial charge on any atom is -0.454 e. The van der Waals surface area contributed by atoms with E-state index in [0.29, 0.717) is 0 Å². The molecule has 0 saturated heterocycles. The Hall–Kier alpha value is -2.79. The lowest BCUT2D eigenvalue weighted by Crippen LogP contribution is -2.07. The van der Waals surface area contributed by atoms with Crippen molar-refractivity contribution in [3.8, 4) is 11.5 Å². The fraction of sp³-hybridized carbons (Fsp3) is 0. The van der Waals surface area contributed by atoms with E-state index in [-0.39, 0.29) is 0 Å². The number of fused-ring (bicyclic) bond motifs is 1. The molecule has 0 unspecified atom stereocenters. The first-order valence-corrected chi connectivity index (χ1v) is 7.78. The molecule has 0 aliphatic heterocycles. The average Bonchev–Trinajstić information content (AvgIpc) is 3.20. The van der Waals surface area contributed by atoms with Crippen LogP contribution in [0.3, 0.4) is 0 Å². The molecular weight excluding hydrogens is 294 g/mol. The van der Waals surface area contributed by atoms with Crippen molar-refractivity contribution in [2.45, 2.75) is 0 Å². The summed E-state index contributed by atoms with van der Waals surface area (Å²) < 4.78 is 5.83. The minimum absolute atomic E-state index is 0.783. The summed E-state index contributed by atoms with van der Waals surface area (Å²) in [6.45, 7) is 0. The molecule has 0 bridgehead atoms. The van der Waals surface area contributed by atoms with Crippen LogP contribution in [0.15, 0.2) is 70.5 Å². The van der Waals surface area contributed by atoms with Crippen LogP contribution in [0.1, 0.15) is 0 Å². The van der Waals surface area contributed by atoms with Crippen molar-refractivity contribution in [1.82, 2.24) is 4.98 Å². The molecule has 4 aromatic rings. The van der Waals surface area contributed by atoms with Crippen LogP contribution >= 0.6 is 11.3 Å². The first-order valence-electron chi connectivity index (χ1n) is 6.90. The molecule has 0 fully saturated rings. The molecule has 22 heavy (non-hydrogen) atoms. The number of rotatable bonds is 4. The predicted octanol–water partition coefficient (Wildman–Crippen LogP) is 5.00. The molecule has 4 rings (SSSR count). The lowest BCUT2D eigenvalue weighted by atomic mass is 10.2. The Kier molecular flexibility index (Phi) is 3.25. The summed E-state index contributed by atoms with van der Waals surface area (Å²) in [7, 11) is 0. The number of thiazole rings is 1. The number of hydrazine groups is 1. The molecule has 0 aliphatic carbocycles. The van der Waals surface area contributed by atoms with Gasteiger partial charge in [-0.25, -0.2) is 4.98 Å². The quantitative estimate of drug-likeness (QED) is 0.521.